The average Bonchev–Trinajstić information content (AvgIpc) is 2.86. The molecular weight excluding hydrogens is 321 g/mol. The van der Waals surface area contributed by atoms with Gasteiger partial charge in [-0.2, -0.15) is 0 Å². The lowest BCUT2D eigenvalue weighted by molar-refractivity contribution is -0.123. The number of esters is 1. The lowest BCUT2D eigenvalue weighted by Gasteiger charge is -2.08. The van der Waals surface area contributed by atoms with E-state index in [0.29, 0.717) is 5.69 Å². The molecule has 8 nitrogen and oxygen atoms in total. The van der Waals surface area contributed by atoms with Crippen molar-refractivity contribution >= 4 is 23.6 Å². The van der Waals surface area contributed by atoms with Crippen LogP contribution in [0.5, 0.6) is 0 Å². The van der Waals surface area contributed by atoms with E-state index in [4.69, 9.17) is 9.26 Å². The number of halogens is 1. The van der Waals surface area contributed by atoms with Crippen LogP contribution < -0.4 is 10.6 Å². The van der Waals surface area contributed by atoms with Crippen LogP contribution >= 0.6 is 0 Å². The highest BCUT2D eigenvalue weighted by Crippen LogP contribution is 2.13. The van der Waals surface area contributed by atoms with Gasteiger partial charge in [-0.1, -0.05) is 17.3 Å². The Balaban J connectivity index is 1.84. The van der Waals surface area contributed by atoms with E-state index >= 15 is 0 Å². The molecule has 0 aliphatic carbocycles. The number of urea groups is 1. The van der Waals surface area contributed by atoms with E-state index in [1.165, 1.54) is 25.1 Å². The largest absolute Gasteiger partial charge is 0.452 e. The Bertz CT molecular complexity index is 768. The van der Waals surface area contributed by atoms with Crippen molar-refractivity contribution in [1.82, 2.24) is 10.5 Å². The van der Waals surface area contributed by atoms with E-state index in [2.05, 4.69) is 10.5 Å². The maximum Gasteiger partial charge on any atom is 0.344 e. The summed E-state index contributed by atoms with van der Waals surface area (Å²) >= 11 is 0. The molecule has 2 N–H and O–H groups in total. The van der Waals surface area contributed by atoms with Gasteiger partial charge in [0.05, 0.1) is 11.4 Å². The van der Waals surface area contributed by atoms with Crippen LogP contribution in [0.15, 0.2) is 28.8 Å². The summed E-state index contributed by atoms with van der Waals surface area (Å²) in [4.78, 5) is 35.0. The van der Waals surface area contributed by atoms with E-state index in [1.54, 1.807) is 6.92 Å². The van der Waals surface area contributed by atoms with Crippen molar-refractivity contribution in [3.63, 3.8) is 0 Å². The zero-order valence-corrected chi connectivity index (χ0v) is 12.9. The number of amides is 3. The number of para-hydroxylation sites is 1. The molecular formula is C15H14FN3O5. The fraction of sp³-hybridized carbons (Fsp3) is 0.200. The second kappa shape index (κ2) is 7.36. The van der Waals surface area contributed by atoms with Crippen molar-refractivity contribution < 1.29 is 28.0 Å². The van der Waals surface area contributed by atoms with Crippen molar-refractivity contribution in [3.8, 4) is 0 Å². The number of rotatable bonds is 4. The third-order valence-corrected chi connectivity index (χ3v) is 2.95. The summed E-state index contributed by atoms with van der Waals surface area (Å²) in [7, 11) is 0. The standard InChI is InChI=1S/C15H14FN3O5/c1-8-13(9(2)24-19-8)14(21)23-7-12(20)18-15(22)17-11-6-4-3-5-10(11)16/h3-6H,7H2,1-2H3,(H2,17,18,20,22). The predicted molar refractivity (Wildman–Crippen MR) is 79.8 cm³/mol. The maximum absolute atomic E-state index is 13.4. The van der Waals surface area contributed by atoms with Crippen molar-refractivity contribution in [3.05, 3.63) is 47.1 Å². The Morgan fingerprint density at radius 1 is 1.25 bits per heavy atom. The smallest absolute Gasteiger partial charge is 0.344 e. The van der Waals surface area contributed by atoms with Crippen LogP contribution in [0.2, 0.25) is 0 Å². The molecule has 0 aliphatic rings. The van der Waals surface area contributed by atoms with Crippen LogP contribution in [-0.2, 0) is 9.53 Å². The van der Waals surface area contributed by atoms with Gasteiger partial charge in [0.15, 0.2) is 6.61 Å². The second-order valence-corrected chi connectivity index (χ2v) is 4.76. The Kier molecular flexibility index (Phi) is 5.25. The molecule has 2 aromatic rings. The first-order valence-corrected chi connectivity index (χ1v) is 6.84. The van der Waals surface area contributed by atoms with Gasteiger partial charge in [-0.05, 0) is 26.0 Å². The molecule has 0 unspecified atom stereocenters. The zero-order chi connectivity index (χ0) is 17.7. The van der Waals surface area contributed by atoms with Crippen molar-refractivity contribution in [2.75, 3.05) is 11.9 Å². The summed E-state index contributed by atoms with van der Waals surface area (Å²) in [5.74, 6) is -2.06. The third-order valence-electron chi connectivity index (χ3n) is 2.95. The third kappa shape index (κ3) is 4.15. The summed E-state index contributed by atoms with van der Waals surface area (Å²) in [5, 5.41) is 7.67. The number of ether oxygens (including phenoxy) is 1. The van der Waals surface area contributed by atoms with Crippen LogP contribution in [0.25, 0.3) is 0 Å². The topological polar surface area (TPSA) is 111 Å². The molecule has 0 saturated heterocycles. The fourth-order valence-electron chi connectivity index (χ4n) is 1.86. The Morgan fingerprint density at radius 3 is 2.58 bits per heavy atom. The number of hydrogen-bond donors (Lipinski definition) is 2. The van der Waals surface area contributed by atoms with E-state index in [9.17, 15) is 18.8 Å². The zero-order valence-electron chi connectivity index (χ0n) is 12.9. The first-order valence-electron chi connectivity index (χ1n) is 6.84. The Hall–Kier alpha value is -3.23. The molecule has 0 atom stereocenters. The second-order valence-electron chi connectivity index (χ2n) is 4.76. The van der Waals surface area contributed by atoms with Gasteiger partial charge in [-0.25, -0.2) is 14.0 Å². The van der Waals surface area contributed by atoms with E-state index in [-0.39, 0.29) is 17.0 Å². The number of benzene rings is 1. The van der Waals surface area contributed by atoms with Gasteiger partial charge in [0.25, 0.3) is 5.91 Å². The number of nitrogens with one attached hydrogen (secondary N) is 2. The number of hydrogen-bond acceptors (Lipinski definition) is 6. The normalized spacial score (nSPS) is 10.1. The molecule has 0 bridgehead atoms. The van der Waals surface area contributed by atoms with E-state index in [1.807, 2.05) is 5.32 Å². The molecule has 0 radical (unpaired) electrons. The van der Waals surface area contributed by atoms with Gasteiger partial charge in [-0.3, -0.25) is 10.1 Å². The Morgan fingerprint density at radius 2 is 1.96 bits per heavy atom. The lowest BCUT2D eigenvalue weighted by Crippen LogP contribution is -2.37. The maximum atomic E-state index is 13.4. The predicted octanol–water partition coefficient (Wildman–Crippen LogP) is 1.94. The number of aromatic nitrogens is 1. The molecule has 24 heavy (non-hydrogen) atoms. The highest BCUT2D eigenvalue weighted by Gasteiger charge is 2.20. The molecule has 9 heteroatoms. The van der Waals surface area contributed by atoms with Gasteiger partial charge in [0.1, 0.15) is 17.1 Å². The lowest BCUT2D eigenvalue weighted by atomic mass is 10.2. The molecule has 0 aliphatic heterocycles. The van der Waals surface area contributed by atoms with Gasteiger partial charge >= 0.3 is 12.0 Å². The van der Waals surface area contributed by atoms with Crippen LogP contribution in [0.3, 0.4) is 0 Å². The quantitative estimate of drug-likeness (QED) is 0.826. The average molecular weight is 335 g/mol. The number of anilines is 1. The Labute approximate surface area is 136 Å². The SMILES string of the molecule is Cc1noc(C)c1C(=O)OCC(=O)NC(=O)Nc1ccccc1F. The summed E-state index contributed by atoms with van der Waals surface area (Å²) in [5.41, 5.74) is 0.365. The minimum Gasteiger partial charge on any atom is -0.452 e. The van der Waals surface area contributed by atoms with Crippen LogP contribution in [0.1, 0.15) is 21.8 Å². The molecule has 126 valence electrons. The molecule has 2 rings (SSSR count). The first kappa shape index (κ1) is 17.1. The molecule has 1 aromatic heterocycles. The number of carbonyl (C=O) groups excluding carboxylic acids is 3. The minimum atomic E-state index is -0.946. The molecule has 1 aromatic carbocycles. The summed E-state index contributed by atoms with van der Waals surface area (Å²) in [6, 6.07) is 4.52. The fourth-order valence-corrected chi connectivity index (χ4v) is 1.86. The minimum absolute atomic E-state index is 0.0875. The molecule has 1 heterocycles. The van der Waals surface area contributed by atoms with E-state index < -0.39 is 30.3 Å². The number of imide groups is 1. The number of aryl methyl sites for hydroxylation is 2. The first-order chi connectivity index (χ1) is 11.4. The van der Waals surface area contributed by atoms with Crippen LogP contribution in [0.4, 0.5) is 14.9 Å². The van der Waals surface area contributed by atoms with Crippen LogP contribution in [0, 0.1) is 19.7 Å². The highest BCUT2D eigenvalue weighted by molar-refractivity contribution is 6.02. The summed E-state index contributed by atoms with van der Waals surface area (Å²) in [6.45, 7) is 2.39. The number of carbonyl (C=O) groups is 3. The van der Waals surface area contributed by atoms with Gasteiger partial charge in [0.2, 0.25) is 0 Å². The molecule has 0 spiro atoms. The van der Waals surface area contributed by atoms with Crippen molar-refractivity contribution in [2.24, 2.45) is 0 Å². The van der Waals surface area contributed by atoms with Gasteiger partial charge in [-0.15, -0.1) is 0 Å². The molecule has 3 amide bonds. The van der Waals surface area contributed by atoms with Gasteiger partial charge < -0.3 is 14.6 Å². The summed E-state index contributed by atoms with van der Waals surface area (Å²) < 4.78 is 23.0. The monoisotopic (exact) mass is 335 g/mol. The molecule has 0 fully saturated rings. The summed E-state index contributed by atoms with van der Waals surface area (Å²) in [6.07, 6.45) is 0. The molecule has 0 saturated carbocycles. The van der Waals surface area contributed by atoms with E-state index in [0.717, 1.165) is 6.07 Å². The highest BCUT2D eigenvalue weighted by atomic mass is 19.1. The van der Waals surface area contributed by atoms with Crippen molar-refractivity contribution in [1.29, 1.82) is 0 Å². The number of nitrogens with zero attached hydrogens (tertiary/aromatic N) is 1. The van der Waals surface area contributed by atoms with Crippen LogP contribution in [-0.4, -0.2) is 29.7 Å². The van der Waals surface area contributed by atoms with Gasteiger partial charge in [0, 0.05) is 0 Å². The van der Waals surface area contributed by atoms with Crippen molar-refractivity contribution in [2.45, 2.75) is 13.8 Å².